The molecule has 5 rings (SSSR count). The molecule has 2 saturated heterocycles. The van der Waals surface area contributed by atoms with Gasteiger partial charge >= 0.3 is 12.2 Å². The minimum Gasteiger partial charge on any atom is -0.444 e. The second kappa shape index (κ2) is 15.5. The number of carbonyl (C=O) groups is 3. The Morgan fingerprint density at radius 2 is 1.54 bits per heavy atom. The molecule has 11 heteroatoms. The molecule has 3 aromatic rings. The zero-order chi connectivity index (χ0) is 32.4. The molecule has 0 saturated carbocycles. The molecule has 46 heavy (non-hydrogen) atoms. The highest BCUT2D eigenvalue weighted by molar-refractivity contribution is 5.98. The second-order valence-corrected chi connectivity index (χ2v) is 11.9. The van der Waals surface area contributed by atoms with E-state index in [0.29, 0.717) is 25.9 Å². The Kier molecular flexibility index (Phi) is 11.0. The van der Waals surface area contributed by atoms with Crippen molar-refractivity contribution >= 4 is 24.1 Å². The molecule has 2 heterocycles. The Labute approximate surface area is 268 Å². The number of nitrogens with one attached hydrogen (secondary N) is 2. The van der Waals surface area contributed by atoms with Crippen molar-refractivity contribution in [1.82, 2.24) is 15.5 Å². The molecule has 4 atom stereocenters. The van der Waals surface area contributed by atoms with Crippen molar-refractivity contribution in [2.45, 2.75) is 57.5 Å². The van der Waals surface area contributed by atoms with Gasteiger partial charge in [-0.25, -0.2) is 14.5 Å². The first-order valence-electron chi connectivity index (χ1n) is 15.6. The molecule has 0 spiro atoms. The molecular formula is C35H40N4O7. The van der Waals surface area contributed by atoms with Crippen LogP contribution in [0.1, 0.15) is 49.3 Å². The molecule has 3 amide bonds. The summed E-state index contributed by atoms with van der Waals surface area (Å²) >= 11 is 0. The number of hydrogen-bond acceptors (Lipinski definition) is 7. The molecule has 2 fully saturated rings. The van der Waals surface area contributed by atoms with Gasteiger partial charge in [0.1, 0.15) is 18.8 Å². The van der Waals surface area contributed by atoms with E-state index >= 15 is 0 Å². The van der Waals surface area contributed by atoms with Crippen molar-refractivity contribution in [1.29, 1.82) is 0 Å². The lowest BCUT2D eigenvalue weighted by Crippen LogP contribution is -2.66. The van der Waals surface area contributed by atoms with E-state index in [1.807, 2.05) is 95.9 Å². The lowest BCUT2D eigenvalue weighted by atomic mass is 9.72. The summed E-state index contributed by atoms with van der Waals surface area (Å²) in [5, 5.41) is 15.5. The number of likely N-dealkylation sites (tertiary alicyclic amines) is 1. The molecule has 3 N–H and O–H groups in total. The Bertz CT molecular complexity index is 1490. The van der Waals surface area contributed by atoms with E-state index in [2.05, 4.69) is 15.6 Å². The first kappa shape index (κ1) is 32.6. The van der Waals surface area contributed by atoms with Gasteiger partial charge in [-0.05, 0) is 55.2 Å². The van der Waals surface area contributed by atoms with E-state index in [-0.39, 0.29) is 36.9 Å². The maximum Gasteiger partial charge on any atom is 0.437 e. The van der Waals surface area contributed by atoms with Crippen LogP contribution in [-0.4, -0.2) is 53.3 Å². The van der Waals surface area contributed by atoms with Crippen LogP contribution in [0.2, 0.25) is 0 Å². The van der Waals surface area contributed by atoms with Gasteiger partial charge in [0.25, 0.3) is 0 Å². The third-order valence-corrected chi connectivity index (χ3v) is 8.70. The lowest BCUT2D eigenvalue weighted by Gasteiger charge is -2.47. The number of carbonyl (C=O) groups excluding carboxylic acids is 3. The normalized spacial score (nSPS) is 20.9. The molecule has 242 valence electrons. The van der Waals surface area contributed by atoms with Gasteiger partial charge in [-0.2, -0.15) is 0 Å². The minimum absolute atomic E-state index is 0.0433. The Balaban J connectivity index is 1.23. The molecule has 0 radical (unpaired) electrons. The number of benzene rings is 3. The fraction of sp³-hybridized carbons (Fsp3) is 0.371. The molecule has 11 nitrogen and oxygen atoms in total. The number of amides is 3. The first-order valence-corrected chi connectivity index (χ1v) is 15.6. The van der Waals surface area contributed by atoms with Crippen molar-refractivity contribution in [2.75, 3.05) is 13.1 Å². The number of hydrogen-bond donors (Lipinski definition) is 3. The van der Waals surface area contributed by atoms with Crippen LogP contribution in [0.3, 0.4) is 0 Å². The largest absolute Gasteiger partial charge is 0.444 e. The Morgan fingerprint density at radius 3 is 2.15 bits per heavy atom. The summed E-state index contributed by atoms with van der Waals surface area (Å²) in [6.45, 7) is 2.95. The van der Waals surface area contributed by atoms with Gasteiger partial charge in [-0.3, -0.25) is 15.4 Å². The highest BCUT2D eigenvalue weighted by atomic mass is 17.1. The highest BCUT2D eigenvalue weighted by Gasteiger charge is 2.52. The van der Waals surface area contributed by atoms with Gasteiger partial charge in [0.05, 0.1) is 12.0 Å². The van der Waals surface area contributed by atoms with E-state index in [9.17, 15) is 19.6 Å². The van der Waals surface area contributed by atoms with Crippen molar-refractivity contribution < 1.29 is 34.0 Å². The monoisotopic (exact) mass is 628 g/mol. The van der Waals surface area contributed by atoms with E-state index in [0.717, 1.165) is 29.5 Å². The number of β-lactam (4-membered cyclic amide) rings is 1. The summed E-state index contributed by atoms with van der Waals surface area (Å²) in [5.41, 5.74) is 1.31. The van der Waals surface area contributed by atoms with Gasteiger partial charge in [0, 0.05) is 13.1 Å². The maximum absolute atomic E-state index is 12.8. The molecule has 0 bridgehead atoms. The van der Waals surface area contributed by atoms with Gasteiger partial charge < -0.3 is 19.7 Å². The number of guanidine groups is 1. The topological polar surface area (TPSA) is 139 Å². The van der Waals surface area contributed by atoms with E-state index in [1.54, 1.807) is 6.92 Å². The predicted molar refractivity (Wildman–Crippen MR) is 170 cm³/mol. The van der Waals surface area contributed by atoms with Gasteiger partial charge in [0.15, 0.2) is 0 Å². The van der Waals surface area contributed by atoms with Gasteiger partial charge in [-0.15, -0.1) is 4.99 Å². The number of rotatable bonds is 10. The molecule has 2 aliphatic rings. The standard InChI is InChI=1S/C35H40N4O7/c1-35(46-43,28-17-9-4-10-18-28)30-29(31(40)36-30)20-19-25-16-11-21-39(22-25)32(37-33(41)44-23-26-12-5-2-6-13-26)38-34(42)45-24-27-14-7-3-8-15-27/h2-10,12-15,17-18,25,29-30,43H,11,16,19-24H2,1H3,(H,36,40)(H,37,38,41,42). The number of aliphatic imine (C=N–C) groups is 1. The summed E-state index contributed by atoms with van der Waals surface area (Å²) in [4.78, 5) is 49.2. The van der Waals surface area contributed by atoms with E-state index in [1.165, 1.54) is 0 Å². The molecule has 0 aliphatic carbocycles. The first-order chi connectivity index (χ1) is 22.4. The smallest absolute Gasteiger partial charge is 0.437 e. The van der Waals surface area contributed by atoms with Crippen LogP contribution in [0.15, 0.2) is 96.0 Å². The van der Waals surface area contributed by atoms with E-state index < -0.39 is 23.8 Å². The number of piperidine rings is 1. The fourth-order valence-electron chi connectivity index (χ4n) is 6.07. The summed E-state index contributed by atoms with van der Waals surface area (Å²) in [5.74, 6) is -0.207. The summed E-state index contributed by atoms with van der Waals surface area (Å²) in [7, 11) is 0. The van der Waals surface area contributed by atoms with E-state index in [4.69, 9.17) is 14.4 Å². The molecule has 2 aliphatic heterocycles. The average molecular weight is 629 g/mol. The Hall–Kier alpha value is -4.74. The molecule has 3 aromatic carbocycles. The van der Waals surface area contributed by atoms with Crippen molar-refractivity contribution in [3.05, 3.63) is 108 Å². The van der Waals surface area contributed by atoms with Gasteiger partial charge in [-0.1, -0.05) is 91.0 Å². The zero-order valence-electron chi connectivity index (χ0n) is 25.8. The van der Waals surface area contributed by atoms with Crippen molar-refractivity contribution in [3.8, 4) is 0 Å². The van der Waals surface area contributed by atoms with Crippen LogP contribution < -0.4 is 10.6 Å². The summed E-state index contributed by atoms with van der Waals surface area (Å²) in [6.07, 6.45) is 1.43. The SMILES string of the molecule is CC(OO)(c1ccccc1)C1NC(=O)C1CCC1CCCN(/C(=N/C(=O)OCc2ccccc2)NC(=O)OCc2ccccc2)C1. The van der Waals surface area contributed by atoms with Crippen LogP contribution >= 0.6 is 0 Å². The number of alkyl carbamates (subject to hydrolysis) is 1. The quantitative estimate of drug-likeness (QED) is 0.0865. The Morgan fingerprint density at radius 1 is 0.935 bits per heavy atom. The van der Waals surface area contributed by atoms with Crippen LogP contribution in [0.4, 0.5) is 9.59 Å². The molecular weight excluding hydrogens is 588 g/mol. The molecule has 0 aromatic heterocycles. The average Bonchev–Trinajstić information content (AvgIpc) is 3.09. The highest BCUT2D eigenvalue weighted by Crippen LogP contribution is 2.39. The van der Waals surface area contributed by atoms with Gasteiger partial charge in [0.2, 0.25) is 11.9 Å². The third kappa shape index (κ3) is 8.29. The number of nitrogens with zero attached hydrogens (tertiary/aromatic N) is 2. The van der Waals surface area contributed by atoms with Crippen LogP contribution in [0, 0.1) is 11.8 Å². The fourth-order valence-corrected chi connectivity index (χ4v) is 6.07. The molecule has 4 unspecified atom stereocenters. The van der Waals surface area contributed by atoms with Crippen molar-refractivity contribution in [2.24, 2.45) is 16.8 Å². The number of ether oxygens (including phenoxy) is 2. The van der Waals surface area contributed by atoms with Crippen LogP contribution in [0.25, 0.3) is 0 Å². The summed E-state index contributed by atoms with van der Waals surface area (Å²) in [6, 6.07) is 27.5. The lowest BCUT2D eigenvalue weighted by molar-refractivity contribution is -0.337. The third-order valence-electron chi connectivity index (χ3n) is 8.70. The maximum atomic E-state index is 12.8. The predicted octanol–water partition coefficient (Wildman–Crippen LogP) is 5.62. The van der Waals surface area contributed by atoms with Crippen LogP contribution in [0.5, 0.6) is 0 Å². The summed E-state index contributed by atoms with van der Waals surface area (Å²) < 4.78 is 10.8. The minimum atomic E-state index is -1.09. The van der Waals surface area contributed by atoms with Crippen LogP contribution in [-0.2, 0) is 38.0 Å². The second-order valence-electron chi connectivity index (χ2n) is 11.9. The zero-order valence-corrected chi connectivity index (χ0v) is 25.8. The van der Waals surface area contributed by atoms with Crippen molar-refractivity contribution in [3.63, 3.8) is 0 Å².